The van der Waals surface area contributed by atoms with Gasteiger partial charge in [0.15, 0.2) is 0 Å². The molecule has 1 aromatic carbocycles. The van der Waals surface area contributed by atoms with Gasteiger partial charge in [-0.05, 0) is 30.9 Å². The van der Waals surface area contributed by atoms with Crippen molar-refractivity contribution in [3.05, 3.63) is 29.8 Å². The lowest BCUT2D eigenvalue weighted by Crippen LogP contribution is -2.06. The van der Waals surface area contributed by atoms with E-state index in [2.05, 4.69) is 13.8 Å². The third-order valence-electron chi connectivity index (χ3n) is 3.29. The van der Waals surface area contributed by atoms with Crippen LogP contribution in [0.4, 0.5) is 0 Å². The van der Waals surface area contributed by atoms with Crippen LogP contribution in [0.5, 0.6) is 5.75 Å². The van der Waals surface area contributed by atoms with Crippen LogP contribution in [0.1, 0.15) is 49.9 Å². The molecule has 1 N–H and O–H groups in total. The zero-order valence-electron chi connectivity index (χ0n) is 11.2. The Bertz CT molecular complexity index is 370. The van der Waals surface area contributed by atoms with Crippen molar-refractivity contribution in [2.45, 2.75) is 39.5 Å². The van der Waals surface area contributed by atoms with Gasteiger partial charge in [0.1, 0.15) is 11.3 Å². The number of hydrogen-bond donors (Lipinski definition) is 1. The first-order valence-corrected chi connectivity index (χ1v) is 6.64. The van der Waals surface area contributed by atoms with Crippen LogP contribution in [0.25, 0.3) is 0 Å². The molecule has 100 valence electrons. The Balaban J connectivity index is 2.42. The molecule has 0 atom stereocenters. The van der Waals surface area contributed by atoms with Crippen molar-refractivity contribution in [1.29, 1.82) is 0 Å². The Morgan fingerprint density at radius 2 is 1.94 bits per heavy atom. The summed E-state index contributed by atoms with van der Waals surface area (Å²) in [4.78, 5) is 11.0. The molecule has 0 aliphatic heterocycles. The lowest BCUT2D eigenvalue weighted by molar-refractivity contribution is 0.0692. The van der Waals surface area contributed by atoms with Gasteiger partial charge < -0.3 is 9.84 Å². The fourth-order valence-electron chi connectivity index (χ4n) is 2.02. The van der Waals surface area contributed by atoms with Crippen molar-refractivity contribution in [3.8, 4) is 5.75 Å². The highest BCUT2D eigenvalue weighted by molar-refractivity contribution is 5.90. The van der Waals surface area contributed by atoms with Crippen LogP contribution in [0.2, 0.25) is 0 Å². The van der Waals surface area contributed by atoms with Crippen molar-refractivity contribution >= 4 is 5.97 Å². The smallest absolute Gasteiger partial charge is 0.339 e. The Kier molecular flexibility index (Phi) is 6.26. The van der Waals surface area contributed by atoms with Gasteiger partial charge in [-0.1, -0.05) is 38.8 Å². The van der Waals surface area contributed by atoms with Gasteiger partial charge in [-0.2, -0.15) is 0 Å². The summed E-state index contributed by atoms with van der Waals surface area (Å²) < 4.78 is 5.56. The number of rotatable bonds is 8. The molecule has 0 bridgehead atoms. The van der Waals surface area contributed by atoms with Gasteiger partial charge in [0.2, 0.25) is 0 Å². The molecule has 18 heavy (non-hydrogen) atoms. The summed E-state index contributed by atoms with van der Waals surface area (Å²) >= 11 is 0. The standard InChI is InChI=1S/C15H22O3/c1-3-12(4-2)8-7-11-18-14-10-6-5-9-13(14)15(16)17/h5-6,9-10,12H,3-4,7-8,11H2,1-2H3,(H,16,17). The minimum absolute atomic E-state index is 0.236. The van der Waals surface area contributed by atoms with E-state index in [1.54, 1.807) is 24.3 Å². The second-order valence-electron chi connectivity index (χ2n) is 4.47. The largest absolute Gasteiger partial charge is 0.493 e. The maximum absolute atomic E-state index is 11.0. The predicted molar refractivity (Wildman–Crippen MR) is 72.2 cm³/mol. The number of para-hydroxylation sites is 1. The number of ether oxygens (including phenoxy) is 1. The van der Waals surface area contributed by atoms with E-state index in [1.807, 2.05) is 0 Å². The normalized spacial score (nSPS) is 10.6. The molecule has 0 aromatic heterocycles. The third-order valence-corrected chi connectivity index (χ3v) is 3.29. The molecule has 3 heteroatoms. The van der Waals surface area contributed by atoms with Crippen LogP contribution in [-0.4, -0.2) is 17.7 Å². The molecule has 0 amide bonds. The van der Waals surface area contributed by atoms with Gasteiger partial charge in [-0.3, -0.25) is 0 Å². The van der Waals surface area contributed by atoms with Gasteiger partial charge in [0.05, 0.1) is 6.61 Å². The Morgan fingerprint density at radius 1 is 1.28 bits per heavy atom. The van der Waals surface area contributed by atoms with Gasteiger partial charge in [0, 0.05) is 0 Å². The lowest BCUT2D eigenvalue weighted by Gasteiger charge is -2.13. The first-order valence-electron chi connectivity index (χ1n) is 6.64. The van der Waals surface area contributed by atoms with Crippen molar-refractivity contribution in [1.82, 2.24) is 0 Å². The van der Waals surface area contributed by atoms with E-state index < -0.39 is 5.97 Å². The Labute approximate surface area is 109 Å². The summed E-state index contributed by atoms with van der Waals surface area (Å²) in [6.45, 7) is 4.99. The van der Waals surface area contributed by atoms with E-state index >= 15 is 0 Å². The van der Waals surface area contributed by atoms with Crippen LogP contribution in [-0.2, 0) is 0 Å². The molecule has 0 fully saturated rings. The second kappa shape index (κ2) is 7.75. The highest BCUT2D eigenvalue weighted by Crippen LogP contribution is 2.19. The summed E-state index contributed by atoms with van der Waals surface area (Å²) in [7, 11) is 0. The third kappa shape index (κ3) is 4.40. The van der Waals surface area contributed by atoms with Crippen LogP contribution in [0, 0.1) is 5.92 Å². The summed E-state index contributed by atoms with van der Waals surface area (Å²) in [6.07, 6.45) is 4.51. The van der Waals surface area contributed by atoms with Crippen LogP contribution in [0.15, 0.2) is 24.3 Å². The maximum atomic E-state index is 11.0. The van der Waals surface area contributed by atoms with Crippen molar-refractivity contribution in [3.63, 3.8) is 0 Å². The predicted octanol–water partition coefficient (Wildman–Crippen LogP) is 3.98. The monoisotopic (exact) mass is 250 g/mol. The number of hydrogen-bond acceptors (Lipinski definition) is 2. The zero-order valence-corrected chi connectivity index (χ0v) is 11.2. The van der Waals surface area contributed by atoms with Crippen LogP contribution >= 0.6 is 0 Å². The molecule has 0 saturated carbocycles. The summed E-state index contributed by atoms with van der Waals surface area (Å²) in [5, 5.41) is 9.01. The van der Waals surface area contributed by atoms with Gasteiger partial charge >= 0.3 is 5.97 Å². The van der Waals surface area contributed by atoms with E-state index in [0.717, 1.165) is 18.8 Å². The van der Waals surface area contributed by atoms with Gasteiger partial charge in [0.25, 0.3) is 0 Å². The summed E-state index contributed by atoms with van der Waals surface area (Å²) in [5.74, 6) is 0.281. The average molecular weight is 250 g/mol. The molecule has 0 aliphatic rings. The molecule has 1 rings (SSSR count). The number of carboxylic acid groups (broad SMARTS) is 1. The molecule has 0 spiro atoms. The Morgan fingerprint density at radius 3 is 2.56 bits per heavy atom. The van der Waals surface area contributed by atoms with Gasteiger partial charge in [-0.25, -0.2) is 4.79 Å². The number of carboxylic acids is 1. The van der Waals surface area contributed by atoms with Crippen molar-refractivity contribution < 1.29 is 14.6 Å². The van der Waals surface area contributed by atoms with Crippen molar-refractivity contribution in [2.75, 3.05) is 6.61 Å². The molecule has 1 aromatic rings. The maximum Gasteiger partial charge on any atom is 0.339 e. The minimum Gasteiger partial charge on any atom is -0.493 e. The number of benzene rings is 1. The SMILES string of the molecule is CCC(CC)CCCOc1ccccc1C(=O)O. The lowest BCUT2D eigenvalue weighted by atomic mass is 9.98. The molecule has 0 unspecified atom stereocenters. The first kappa shape index (κ1) is 14.6. The summed E-state index contributed by atoms with van der Waals surface area (Å²) in [6, 6.07) is 6.78. The molecule has 0 heterocycles. The van der Waals surface area contributed by atoms with E-state index in [9.17, 15) is 4.79 Å². The molecular weight excluding hydrogens is 228 g/mol. The zero-order chi connectivity index (χ0) is 13.4. The fraction of sp³-hybridized carbons (Fsp3) is 0.533. The Hall–Kier alpha value is -1.51. The molecule has 3 nitrogen and oxygen atoms in total. The minimum atomic E-state index is -0.939. The number of carbonyl (C=O) groups is 1. The molecule has 0 saturated heterocycles. The molecular formula is C15H22O3. The second-order valence-corrected chi connectivity index (χ2v) is 4.47. The van der Waals surface area contributed by atoms with Gasteiger partial charge in [-0.15, -0.1) is 0 Å². The highest BCUT2D eigenvalue weighted by Gasteiger charge is 2.10. The van der Waals surface area contributed by atoms with E-state index in [4.69, 9.17) is 9.84 Å². The van der Waals surface area contributed by atoms with Crippen molar-refractivity contribution in [2.24, 2.45) is 5.92 Å². The van der Waals surface area contributed by atoms with Crippen LogP contribution < -0.4 is 4.74 Å². The summed E-state index contributed by atoms with van der Waals surface area (Å²) in [5.41, 5.74) is 0.236. The first-order chi connectivity index (χ1) is 8.69. The molecule has 0 aliphatic carbocycles. The average Bonchev–Trinajstić information content (AvgIpc) is 2.39. The quantitative estimate of drug-likeness (QED) is 0.710. The van der Waals surface area contributed by atoms with E-state index in [0.29, 0.717) is 12.4 Å². The van der Waals surface area contributed by atoms with Crippen LogP contribution in [0.3, 0.4) is 0 Å². The number of aromatic carboxylic acids is 1. The van der Waals surface area contributed by atoms with E-state index in [-0.39, 0.29) is 5.56 Å². The highest BCUT2D eigenvalue weighted by atomic mass is 16.5. The molecule has 0 radical (unpaired) electrons. The topological polar surface area (TPSA) is 46.5 Å². The van der Waals surface area contributed by atoms with E-state index in [1.165, 1.54) is 12.8 Å². The fourth-order valence-corrected chi connectivity index (χ4v) is 2.02.